The molecule has 0 spiro atoms. The van der Waals surface area contributed by atoms with Crippen LogP contribution in [0.1, 0.15) is 30.0 Å². The average Bonchev–Trinajstić information content (AvgIpc) is 3.66. The highest BCUT2D eigenvalue weighted by atomic mass is 32.1. The van der Waals surface area contributed by atoms with E-state index in [0.29, 0.717) is 30.4 Å². The summed E-state index contributed by atoms with van der Waals surface area (Å²) < 4.78 is 11.7. The predicted molar refractivity (Wildman–Crippen MR) is 186 cm³/mol. The lowest BCUT2D eigenvalue weighted by Crippen LogP contribution is -2.66. The van der Waals surface area contributed by atoms with Gasteiger partial charge in [0.05, 0.1) is 37.0 Å². The Bertz CT molecular complexity index is 1780. The highest BCUT2D eigenvalue weighted by molar-refractivity contribution is 7.22. The minimum Gasteiger partial charge on any atom is -0.497 e. The molecule has 2 fully saturated rings. The number of hydrogen-bond acceptors (Lipinski definition) is 10. The molecule has 0 saturated carbocycles. The molecule has 1 aromatic heterocycles. The number of aromatic nitrogens is 1. The maximum absolute atomic E-state index is 14.3. The molecule has 0 bridgehead atoms. The van der Waals surface area contributed by atoms with Gasteiger partial charge < -0.3 is 35.4 Å². The van der Waals surface area contributed by atoms with E-state index < -0.39 is 12.2 Å². The number of benzene rings is 3. The van der Waals surface area contributed by atoms with Gasteiger partial charge in [0, 0.05) is 26.1 Å². The first-order valence-corrected chi connectivity index (χ1v) is 17.1. The van der Waals surface area contributed by atoms with E-state index in [-0.39, 0.29) is 57.1 Å². The number of carbonyl (C=O) groups excluding carboxylic acids is 3. The number of ether oxygens (including phenoxy) is 2. The molecular weight excluding hydrogens is 646 g/mol. The lowest BCUT2D eigenvalue weighted by molar-refractivity contribution is -0.157. The van der Waals surface area contributed by atoms with Gasteiger partial charge in [0.2, 0.25) is 11.8 Å². The van der Waals surface area contributed by atoms with Crippen LogP contribution in [0.4, 0.5) is 9.93 Å². The SMILES string of the molecule is CCCN(C(=O)NCc1ccc(OC)cc1)N1CC(=O)N2[C@@H](Cc3ccc(OCCO)cc3)C(=O)N(Cc3cccc4sc(N)nc34)C[C@@H]21. The van der Waals surface area contributed by atoms with Crippen LogP contribution >= 0.6 is 11.3 Å². The van der Waals surface area contributed by atoms with E-state index in [0.717, 1.165) is 32.7 Å². The molecule has 3 heterocycles. The van der Waals surface area contributed by atoms with Gasteiger partial charge in [-0.05, 0) is 53.4 Å². The molecule has 0 unspecified atom stereocenters. The number of nitrogens with zero attached hydrogens (tertiary/aromatic N) is 5. The molecule has 0 aliphatic carbocycles. The highest BCUT2D eigenvalue weighted by Gasteiger charge is 2.52. The van der Waals surface area contributed by atoms with Crippen molar-refractivity contribution in [3.63, 3.8) is 0 Å². The van der Waals surface area contributed by atoms with Crippen molar-refractivity contribution in [1.29, 1.82) is 0 Å². The number of amides is 4. The van der Waals surface area contributed by atoms with Gasteiger partial charge in [-0.15, -0.1) is 0 Å². The summed E-state index contributed by atoms with van der Waals surface area (Å²) in [5.41, 5.74) is 9.40. The van der Waals surface area contributed by atoms with Crippen LogP contribution in [-0.2, 0) is 29.1 Å². The Hall–Kier alpha value is -4.92. The van der Waals surface area contributed by atoms with Crippen molar-refractivity contribution in [3.8, 4) is 11.5 Å². The summed E-state index contributed by atoms with van der Waals surface area (Å²) in [5.74, 6) is 0.926. The number of fused-ring (bicyclic) bond motifs is 2. The summed E-state index contributed by atoms with van der Waals surface area (Å²) in [6.45, 7) is 3.18. The monoisotopic (exact) mass is 687 g/mol. The van der Waals surface area contributed by atoms with Crippen LogP contribution in [0.5, 0.6) is 11.5 Å². The van der Waals surface area contributed by atoms with Gasteiger partial charge in [-0.1, -0.05) is 54.7 Å². The number of hydrogen-bond donors (Lipinski definition) is 3. The van der Waals surface area contributed by atoms with Crippen molar-refractivity contribution >= 4 is 44.5 Å². The van der Waals surface area contributed by atoms with Crippen LogP contribution in [0.25, 0.3) is 10.2 Å². The Labute approximate surface area is 288 Å². The molecule has 2 aliphatic rings. The van der Waals surface area contributed by atoms with E-state index in [4.69, 9.17) is 20.3 Å². The number of nitrogens with two attached hydrogens (primary N) is 1. The van der Waals surface area contributed by atoms with Gasteiger partial charge in [-0.25, -0.2) is 9.78 Å². The molecule has 0 radical (unpaired) electrons. The smallest absolute Gasteiger partial charge is 0.332 e. The zero-order valence-electron chi connectivity index (χ0n) is 27.6. The van der Waals surface area contributed by atoms with Gasteiger partial charge in [0.15, 0.2) is 5.13 Å². The van der Waals surface area contributed by atoms with Gasteiger partial charge >= 0.3 is 6.03 Å². The first-order valence-electron chi connectivity index (χ1n) is 16.3. The summed E-state index contributed by atoms with van der Waals surface area (Å²) in [5, 5.41) is 16.0. The predicted octanol–water partition coefficient (Wildman–Crippen LogP) is 3.22. The lowest BCUT2D eigenvalue weighted by atomic mass is 9.99. The molecule has 49 heavy (non-hydrogen) atoms. The normalized spacial score (nSPS) is 17.8. The average molecular weight is 688 g/mol. The van der Waals surface area contributed by atoms with Crippen molar-refractivity contribution in [1.82, 2.24) is 30.1 Å². The number of nitrogen functional groups attached to an aromatic ring is 1. The minimum atomic E-state index is -0.800. The van der Waals surface area contributed by atoms with Crippen molar-refractivity contribution < 1.29 is 29.0 Å². The van der Waals surface area contributed by atoms with Crippen LogP contribution in [0.15, 0.2) is 66.7 Å². The van der Waals surface area contributed by atoms with E-state index in [1.165, 1.54) is 11.3 Å². The number of aliphatic hydroxyl groups is 1. The Morgan fingerprint density at radius 1 is 1.08 bits per heavy atom. The molecule has 3 aromatic carbocycles. The molecule has 6 rings (SSSR count). The van der Waals surface area contributed by atoms with Gasteiger partial charge in [0.25, 0.3) is 0 Å². The van der Waals surface area contributed by atoms with Crippen molar-refractivity contribution in [2.45, 2.75) is 45.1 Å². The first kappa shape index (κ1) is 34.0. The number of para-hydroxylation sites is 1. The largest absolute Gasteiger partial charge is 0.497 e. The van der Waals surface area contributed by atoms with E-state index in [1.807, 2.05) is 61.5 Å². The summed E-state index contributed by atoms with van der Waals surface area (Å²) in [6, 6.07) is 19.4. The second-order valence-electron chi connectivity index (χ2n) is 12.0. The summed E-state index contributed by atoms with van der Waals surface area (Å²) in [6.07, 6.45) is 0.370. The van der Waals surface area contributed by atoms with Crippen molar-refractivity contribution in [2.24, 2.45) is 0 Å². The Balaban J connectivity index is 1.28. The minimum absolute atomic E-state index is 0.0373. The molecule has 4 amide bonds. The molecule has 4 N–H and O–H groups in total. The lowest BCUT2D eigenvalue weighted by Gasteiger charge is -2.46. The summed E-state index contributed by atoms with van der Waals surface area (Å²) in [7, 11) is 1.60. The number of thiazole rings is 1. The van der Waals surface area contributed by atoms with Gasteiger partial charge in [-0.2, -0.15) is 5.01 Å². The van der Waals surface area contributed by atoms with Crippen LogP contribution in [0.3, 0.4) is 0 Å². The summed E-state index contributed by atoms with van der Waals surface area (Å²) >= 11 is 1.39. The fourth-order valence-corrected chi connectivity index (χ4v) is 7.21. The third kappa shape index (κ3) is 7.41. The molecule has 2 saturated heterocycles. The zero-order valence-corrected chi connectivity index (χ0v) is 28.4. The van der Waals surface area contributed by atoms with Gasteiger partial charge in [0.1, 0.15) is 30.3 Å². The van der Waals surface area contributed by atoms with Crippen LogP contribution in [0, 0.1) is 0 Å². The topological polar surface area (TPSA) is 154 Å². The highest BCUT2D eigenvalue weighted by Crippen LogP contribution is 2.32. The Morgan fingerprint density at radius 2 is 1.82 bits per heavy atom. The van der Waals surface area contributed by atoms with Crippen LogP contribution < -0.4 is 20.5 Å². The number of rotatable bonds is 13. The molecule has 13 nitrogen and oxygen atoms in total. The number of methoxy groups -OCH3 is 1. The first-order chi connectivity index (χ1) is 23.8. The van der Waals surface area contributed by atoms with Crippen LogP contribution in [0.2, 0.25) is 0 Å². The maximum atomic E-state index is 14.3. The molecule has 14 heteroatoms. The Kier molecular flexibility index (Phi) is 10.5. The van der Waals surface area contributed by atoms with E-state index >= 15 is 0 Å². The zero-order chi connectivity index (χ0) is 34.5. The number of aliphatic hydroxyl groups excluding tert-OH is 1. The third-order valence-electron chi connectivity index (χ3n) is 8.74. The van der Waals surface area contributed by atoms with E-state index in [9.17, 15) is 14.4 Å². The van der Waals surface area contributed by atoms with Crippen LogP contribution in [-0.4, -0.2) is 99.9 Å². The second kappa shape index (κ2) is 15.1. The summed E-state index contributed by atoms with van der Waals surface area (Å²) in [4.78, 5) is 49.9. The molecule has 2 atom stereocenters. The number of hydrazine groups is 1. The molecular formula is C35H41N7O6S. The number of piperazine rings is 1. The maximum Gasteiger partial charge on any atom is 0.332 e. The Morgan fingerprint density at radius 3 is 2.53 bits per heavy atom. The standard InChI is InChI=1S/C35H41N7O6S/c1-3-15-40(35(46)37-19-24-9-11-26(47-2)12-10-24)41-22-31(44)42-28(18-23-7-13-27(14-8-23)48-17-16-43)33(45)39(21-30(41)42)20-25-5-4-6-29-32(25)38-34(36)49-29/h4-14,28,30,43H,3,15-22H2,1-2H3,(H2,36,38)(H,37,46)/t28-,30+/m0/s1. The number of anilines is 1. The van der Waals surface area contributed by atoms with Gasteiger partial charge in [-0.3, -0.25) is 14.6 Å². The van der Waals surface area contributed by atoms with E-state index in [1.54, 1.807) is 39.1 Å². The fourth-order valence-electron chi connectivity index (χ4n) is 6.43. The van der Waals surface area contributed by atoms with E-state index in [2.05, 4.69) is 10.3 Å². The fraction of sp³-hybridized carbons (Fsp3) is 0.371. The molecule has 2 aliphatic heterocycles. The quantitative estimate of drug-likeness (QED) is 0.192. The van der Waals surface area contributed by atoms with Crippen molar-refractivity contribution in [3.05, 3.63) is 83.4 Å². The van der Waals surface area contributed by atoms with Crippen molar-refractivity contribution in [2.75, 3.05) is 45.7 Å². The number of urea groups is 1. The third-order valence-corrected chi connectivity index (χ3v) is 9.59. The molecule has 4 aromatic rings. The second-order valence-corrected chi connectivity index (χ2v) is 13.0. The number of nitrogens with one attached hydrogen (secondary N) is 1. The number of carbonyl (C=O) groups is 3. The molecule has 258 valence electrons.